The number of pyridine rings is 1. The highest BCUT2D eigenvalue weighted by Gasteiger charge is 2.22. The van der Waals surface area contributed by atoms with E-state index in [1.165, 1.54) is 6.33 Å². The lowest BCUT2D eigenvalue weighted by Gasteiger charge is -2.21. The summed E-state index contributed by atoms with van der Waals surface area (Å²) in [5, 5.41) is 2.81. The number of hydrazine groups is 1. The van der Waals surface area contributed by atoms with Crippen molar-refractivity contribution in [2.45, 2.75) is 6.42 Å². The third-order valence-corrected chi connectivity index (χ3v) is 4.30. The second kappa shape index (κ2) is 5.17. The number of halogens is 2. The zero-order valence-electron chi connectivity index (χ0n) is 11.4. The monoisotopic (exact) mass is 359 g/mol. The van der Waals surface area contributed by atoms with Crippen LogP contribution in [-0.2, 0) is 6.42 Å². The molecule has 7 heteroatoms. The van der Waals surface area contributed by atoms with Crippen LogP contribution >= 0.6 is 15.9 Å². The molecule has 3 heterocycles. The van der Waals surface area contributed by atoms with Gasteiger partial charge in [-0.25, -0.2) is 14.4 Å². The van der Waals surface area contributed by atoms with Crippen molar-refractivity contribution in [3.63, 3.8) is 0 Å². The molecule has 0 saturated heterocycles. The Kier molecular flexibility index (Phi) is 3.15. The fraction of sp³-hybridized carbons (Fsp3) is 0.133. The molecule has 1 aromatic carbocycles. The van der Waals surface area contributed by atoms with E-state index in [2.05, 4.69) is 36.3 Å². The fourth-order valence-corrected chi connectivity index (χ4v) is 2.95. The Hall–Kier alpha value is -2.28. The summed E-state index contributed by atoms with van der Waals surface area (Å²) in [5.41, 5.74) is 6.04. The van der Waals surface area contributed by atoms with Crippen molar-refractivity contribution in [1.29, 1.82) is 0 Å². The summed E-state index contributed by atoms with van der Waals surface area (Å²) in [6, 6.07) is 5.19. The molecule has 0 fully saturated rings. The van der Waals surface area contributed by atoms with E-state index in [0.717, 1.165) is 35.1 Å². The molecule has 1 aliphatic rings. The predicted molar refractivity (Wildman–Crippen MR) is 86.1 cm³/mol. The topological polar surface area (TPSA) is 53.9 Å². The molecule has 0 bridgehead atoms. The summed E-state index contributed by atoms with van der Waals surface area (Å²) in [4.78, 5) is 12.6. The molecule has 0 atom stereocenters. The third kappa shape index (κ3) is 2.18. The van der Waals surface area contributed by atoms with Crippen molar-refractivity contribution < 1.29 is 4.39 Å². The highest BCUT2D eigenvalue weighted by molar-refractivity contribution is 9.10. The van der Waals surface area contributed by atoms with Crippen molar-refractivity contribution in [2.24, 2.45) is 0 Å². The van der Waals surface area contributed by atoms with E-state index in [1.807, 2.05) is 11.1 Å². The summed E-state index contributed by atoms with van der Waals surface area (Å²) < 4.78 is 14.1. The second-order valence-corrected chi connectivity index (χ2v) is 5.88. The van der Waals surface area contributed by atoms with Crippen molar-refractivity contribution >= 4 is 38.3 Å². The predicted octanol–water partition coefficient (Wildman–Crippen LogP) is 3.32. The molecular formula is C15H11BrFN5. The average Bonchev–Trinajstić information content (AvgIpc) is 2.90. The Balaban J connectivity index is 1.72. The van der Waals surface area contributed by atoms with Crippen LogP contribution in [0.15, 0.2) is 41.4 Å². The number of anilines is 2. The largest absolute Gasteiger partial charge is 0.286 e. The van der Waals surface area contributed by atoms with Gasteiger partial charge in [0, 0.05) is 18.9 Å². The van der Waals surface area contributed by atoms with Crippen LogP contribution in [0.25, 0.3) is 10.9 Å². The van der Waals surface area contributed by atoms with Gasteiger partial charge in [0.1, 0.15) is 12.1 Å². The van der Waals surface area contributed by atoms with Crippen LogP contribution < -0.4 is 10.4 Å². The van der Waals surface area contributed by atoms with Gasteiger partial charge in [0.15, 0.2) is 5.82 Å². The molecule has 4 rings (SSSR count). The van der Waals surface area contributed by atoms with E-state index in [9.17, 15) is 4.39 Å². The average molecular weight is 360 g/mol. The van der Waals surface area contributed by atoms with Crippen LogP contribution in [0.4, 0.5) is 15.9 Å². The molecule has 1 N–H and O–H groups in total. The van der Waals surface area contributed by atoms with Gasteiger partial charge in [-0.3, -0.25) is 15.4 Å². The zero-order valence-corrected chi connectivity index (χ0v) is 13.0. The highest BCUT2D eigenvalue weighted by atomic mass is 79.9. The molecule has 0 amide bonds. The maximum atomic E-state index is 13.6. The molecular weight excluding hydrogens is 349 g/mol. The lowest BCUT2D eigenvalue weighted by molar-refractivity contribution is 0.620. The van der Waals surface area contributed by atoms with Gasteiger partial charge in [-0.1, -0.05) is 0 Å². The molecule has 110 valence electrons. The number of hydrogen-bond donors (Lipinski definition) is 1. The molecule has 22 heavy (non-hydrogen) atoms. The second-order valence-electron chi connectivity index (χ2n) is 5.02. The van der Waals surface area contributed by atoms with Crippen LogP contribution in [0.2, 0.25) is 0 Å². The van der Waals surface area contributed by atoms with Crippen molar-refractivity contribution in [1.82, 2.24) is 15.0 Å². The first-order valence-electron chi connectivity index (χ1n) is 6.79. The van der Waals surface area contributed by atoms with Gasteiger partial charge in [0.05, 0.1) is 21.1 Å². The minimum Gasteiger partial charge on any atom is -0.286 e. The van der Waals surface area contributed by atoms with Crippen LogP contribution in [-0.4, -0.2) is 21.5 Å². The van der Waals surface area contributed by atoms with E-state index < -0.39 is 0 Å². The normalized spacial score (nSPS) is 13.5. The standard InChI is InChI=1S/C15H11BrFN5/c16-11-6-14-9(5-12(11)17)2-4-22(14)21-15-10-7-18-3-1-13(10)19-8-20-15/h1,3,5-8H,2,4H2,(H,19,20,21). The Morgan fingerprint density at radius 1 is 1.27 bits per heavy atom. The molecule has 5 nitrogen and oxygen atoms in total. The lowest BCUT2D eigenvalue weighted by atomic mass is 10.2. The van der Waals surface area contributed by atoms with Gasteiger partial charge in [0.25, 0.3) is 0 Å². The van der Waals surface area contributed by atoms with E-state index in [1.54, 1.807) is 24.5 Å². The van der Waals surface area contributed by atoms with Crippen LogP contribution in [0.3, 0.4) is 0 Å². The number of benzene rings is 1. The highest BCUT2D eigenvalue weighted by Crippen LogP contribution is 2.33. The van der Waals surface area contributed by atoms with Gasteiger partial charge in [-0.2, -0.15) is 0 Å². The summed E-state index contributed by atoms with van der Waals surface area (Å²) in [5.74, 6) is 0.448. The van der Waals surface area contributed by atoms with Crippen molar-refractivity contribution in [3.05, 3.63) is 52.8 Å². The first kappa shape index (κ1) is 13.4. The first-order valence-corrected chi connectivity index (χ1v) is 7.58. The number of hydrogen-bond acceptors (Lipinski definition) is 5. The molecule has 1 aliphatic heterocycles. The van der Waals surface area contributed by atoms with Crippen LogP contribution in [0.1, 0.15) is 5.56 Å². The van der Waals surface area contributed by atoms with Gasteiger partial charge >= 0.3 is 0 Å². The Bertz CT molecular complexity index is 864. The summed E-state index contributed by atoms with van der Waals surface area (Å²) >= 11 is 3.24. The van der Waals surface area contributed by atoms with Crippen molar-refractivity contribution in [2.75, 3.05) is 17.0 Å². The van der Waals surface area contributed by atoms with E-state index in [0.29, 0.717) is 10.3 Å². The van der Waals surface area contributed by atoms with Gasteiger partial charge in [0.2, 0.25) is 0 Å². The Labute approximate surface area is 134 Å². The van der Waals surface area contributed by atoms with Gasteiger partial charge in [-0.15, -0.1) is 0 Å². The summed E-state index contributed by atoms with van der Waals surface area (Å²) in [6.07, 6.45) is 5.73. The maximum absolute atomic E-state index is 13.6. The number of nitrogens with one attached hydrogen (secondary N) is 1. The minimum absolute atomic E-state index is 0.239. The molecule has 0 spiro atoms. The maximum Gasteiger partial charge on any atom is 0.157 e. The van der Waals surface area contributed by atoms with Crippen LogP contribution in [0.5, 0.6) is 0 Å². The van der Waals surface area contributed by atoms with E-state index in [-0.39, 0.29) is 5.82 Å². The van der Waals surface area contributed by atoms with E-state index >= 15 is 0 Å². The number of fused-ring (bicyclic) bond motifs is 2. The molecule has 0 radical (unpaired) electrons. The quantitative estimate of drug-likeness (QED) is 0.760. The molecule has 2 aromatic heterocycles. The number of rotatable bonds is 2. The Morgan fingerprint density at radius 3 is 3.09 bits per heavy atom. The SMILES string of the molecule is Fc1cc2c(cc1Br)N(Nc1ncnc3ccncc13)CC2. The lowest BCUT2D eigenvalue weighted by Crippen LogP contribution is -2.28. The molecule has 0 saturated carbocycles. The molecule has 0 aliphatic carbocycles. The molecule has 0 unspecified atom stereocenters. The minimum atomic E-state index is -0.239. The fourth-order valence-electron chi connectivity index (χ4n) is 2.62. The van der Waals surface area contributed by atoms with Crippen molar-refractivity contribution in [3.8, 4) is 0 Å². The molecule has 3 aromatic rings. The van der Waals surface area contributed by atoms with E-state index in [4.69, 9.17) is 0 Å². The zero-order chi connectivity index (χ0) is 15.1. The van der Waals surface area contributed by atoms with Gasteiger partial charge in [-0.05, 0) is 46.1 Å². The van der Waals surface area contributed by atoms with Crippen LogP contribution in [0, 0.1) is 5.82 Å². The number of aromatic nitrogens is 3. The Morgan fingerprint density at radius 2 is 2.18 bits per heavy atom. The van der Waals surface area contributed by atoms with Gasteiger partial charge < -0.3 is 0 Å². The number of nitrogens with zero attached hydrogens (tertiary/aromatic N) is 4. The smallest absolute Gasteiger partial charge is 0.157 e. The third-order valence-electron chi connectivity index (χ3n) is 3.69. The summed E-state index contributed by atoms with van der Waals surface area (Å²) in [7, 11) is 0. The summed E-state index contributed by atoms with van der Waals surface area (Å²) in [6.45, 7) is 0.747. The first-order chi connectivity index (χ1) is 10.7.